The highest BCUT2D eigenvalue weighted by atomic mass is 32.2. The number of nitriles is 1. The van der Waals surface area contributed by atoms with Crippen molar-refractivity contribution in [1.29, 1.82) is 5.26 Å². The molecule has 1 aliphatic heterocycles. The second-order valence-corrected chi connectivity index (χ2v) is 7.75. The number of piperidine rings is 1. The summed E-state index contributed by atoms with van der Waals surface area (Å²) < 4.78 is 62.7. The van der Waals surface area contributed by atoms with Gasteiger partial charge in [-0.25, -0.2) is 8.42 Å². The highest BCUT2D eigenvalue weighted by Crippen LogP contribution is 2.33. The second kappa shape index (κ2) is 6.89. The van der Waals surface area contributed by atoms with Gasteiger partial charge >= 0.3 is 6.18 Å². The molecule has 0 saturated carbocycles. The molecule has 1 aliphatic rings. The number of rotatable bonds is 4. The van der Waals surface area contributed by atoms with E-state index in [-0.39, 0.29) is 30.2 Å². The molecule has 1 aromatic rings. The van der Waals surface area contributed by atoms with E-state index in [2.05, 4.69) is 0 Å². The number of likely N-dealkylation sites (tertiary alicyclic amines) is 1. The lowest BCUT2D eigenvalue weighted by Crippen LogP contribution is -2.43. The molecule has 1 saturated heterocycles. The molecular formula is C15H17F3N2O2S. The Balaban J connectivity index is 1.97. The summed E-state index contributed by atoms with van der Waals surface area (Å²) >= 11 is 0. The molecule has 8 heteroatoms. The molecule has 0 bridgehead atoms. The third kappa shape index (κ3) is 4.69. The summed E-state index contributed by atoms with van der Waals surface area (Å²) in [6, 6.07) is 7.42. The molecule has 0 aliphatic carbocycles. The van der Waals surface area contributed by atoms with Gasteiger partial charge in [-0.1, -0.05) is 0 Å². The molecular weight excluding hydrogens is 329 g/mol. The predicted octanol–water partition coefficient (Wildman–Crippen LogP) is 2.61. The van der Waals surface area contributed by atoms with Gasteiger partial charge in [0.05, 0.1) is 28.2 Å². The van der Waals surface area contributed by atoms with Gasteiger partial charge in [0.25, 0.3) is 0 Å². The van der Waals surface area contributed by atoms with E-state index in [0.717, 1.165) is 0 Å². The van der Waals surface area contributed by atoms with Crippen LogP contribution in [0.3, 0.4) is 0 Å². The van der Waals surface area contributed by atoms with Crippen LogP contribution in [0.1, 0.15) is 18.4 Å². The molecule has 126 valence electrons. The maximum atomic E-state index is 12.8. The summed E-state index contributed by atoms with van der Waals surface area (Å²) in [5, 5.41) is 8.70. The van der Waals surface area contributed by atoms with Crippen molar-refractivity contribution in [2.24, 2.45) is 5.92 Å². The average Bonchev–Trinajstić information content (AvgIpc) is 2.52. The Bertz CT molecular complexity index is 678. The summed E-state index contributed by atoms with van der Waals surface area (Å²) in [5.41, 5.74) is 0.355. The third-order valence-corrected chi connectivity index (χ3v) is 5.70. The Hall–Kier alpha value is -1.59. The molecule has 0 N–H and O–H groups in total. The van der Waals surface area contributed by atoms with E-state index in [1.165, 1.54) is 24.3 Å². The highest BCUT2D eigenvalue weighted by Gasteiger charge is 2.41. The number of hydrogen-bond acceptors (Lipinski definition) is 4. The van der Waals surface area contributed by atoms with Crippen molar-refractivity contribution in [2.45, 2.75) is 23.9 Å². The van der Waals surface area contributed by atoms with Crippen LogP contribution in [0.2, 0.25) is 0 Å². The molecule has 4 nitrogen and oxygen atoms in total. The Kier molecular flexibility index (Phi) is 5.32. The van der Waals surface area contributed by atoms with Gasteiger partial charge < -0.3 is 4.90 Å². The van der Waals surface area contributed by atoms with Crippen molar-refractivity contribution < 1.29 is 21.6 Å². The zero-order valence-electron chi connectivity index (χ0n) is 12.4. The van der Waals surface area contributed by atoms with Gasteiger partial charge in [0.2, 0.25) is 0 Å². The number of halogens is 3. The summed E-state index contributed by atoms with van der Waals surface area (Å²) in [7, 11) is -3.57. The molecule has 1 fully saturated rings. The minimum atomic E-state index is -4.23. The monoisotopic (exact) mass is 346 g/mol. The summed E-state index contributed by atoms with van der Waals surface area (Å²) in [6.45, 7) is 0.413. The zero-order valence-corrected chi connectivity index (χ0v) is 13.2. The topological polar surface area (TPSA) is 61.2 Å². The first-order chi connectivity index (χ1) is 10.7. The molecule has 0 spiro atoms. The zero-order chi connectivity index (χ0) is 17.1. The van der Waals surface area contributed by atoms with Gasteiger partial charge in [-0.2, -0.15) is 18.4 Å². The van der Waals surface area contributed by atoms with E-state index >= 15 is 0 Å². The van der Waals surface area contributed by atoms with Crippen LogP contribution in [-0.4, -0.2) is 44.9 Å². The van der Waals surface area contributed by atoms with E-state index < -0.39 is 21.9 Å². The smallest absolute Gasteiger partial charge is 0.302 e. The fourth-order valence-electron chi connectivity index (χ4n) is 2.63. The minimum absolute atomic E-state index is 0.0783. The van der Waals surface area contributed by atoms with Gasteiger partial charge in [-0.05, 0) is 43.7 Å². The molecule has 0 amide bonds. The lowest BCUT2D eigenvalue weighted by atomic mass is 9.98. The number of benzene rings is 1. The molecule has 0 unspecified atom stereocenters. The molecule has 23 heavy (non-hydrogen) atoms. The van der Waals surface area contributed by atoms with E-state index in [4.69, 9.17) is 5.26 Å². The molecule has 0 radical (unpaired) electrons. The summed E-state index contributed by atoms with van der Waals surface area (Å²) in [5.74, 6) is -1.61. The standard InChI is InChI=1S/C15H17F3N2O2S/c16-15(17,18)13-2-1-7-20(11-13)8-9-23(21,22)14-5-3-12(10-19)4-6-14/h3-6,13H,1-2,7-9,11H2/t13-/m1/s1. The van der Waals surface area contributed by atoms with Gasteiger partial charge in [0.1, 0.15) is 0 Å². The highest BCUT2D eigenvalue weighted by molar-refractivity contribution is 7.91. The molecule has 1 heterocycles. The molecule has 2 rings (SSSR count). The van der Waals surface area contributed by atoms with Gasteiger partial charge in [0, 0.05) is 13.1 Å². The van der Waals surface area contributed by atoms with Crippen molar-refractivity contribution in [2.75, 3.05) is 25.4 Å². The second-order valence-electron chi connectivity index (χ2n) is 5.64. The van der Waals surface area contributed by atoms with E-state index in [1.807, 2.05) is 6.07 Å². The number of sulfone groups is 1. The number of alkyl halides is 3. The molecule has 1 aromatic carbocycles. The van der Waals surface area contributed by atoms with Gasteiger partial charge in [-0.15, -0.1) is 0 Å². The fraction of sp³-hybridized carbons (Fsp3) is 0.533. The summed E-state index contributed by atoms with van der Waals surface area (Å²) in [6.07, 6.45) is -3.71. The Morgan fingerprint density at radius 2 is 1.91 bits per heavy atom. The van der Waals surface area contributed by atoms with Gasteiger partial charge in [0.15, 0.2) is 9.84 Å². The van der Waals surface area contributed by atoms with Crippen molar-refractivity contribution in [3.05, 3.63) is 29.8 Å². The quantitative estimate of drug-likeness (QED) is 0.841. The van der Waals surface area contributed by atoms with Crippen molar-refractivity contribution in [3.63, 3.8) is 0 Å². The van der Waals surface area contributed by atoms with Crippen LogP contribution >= 0.6 is 0 Å². The first-order valence-corrected chi connectivity index (χ1v) is 8.89. The molecule has 1 atom stereocenters. The normalized spacial score (nSPS) is 20.2. The first kappa shape index (κ1) is 17.8. The Labute approximate surface area is 133 Å². The number of hydrogen-bond donors (Lipinski definition) is 0. The van der Waals surface area contributed by atoms with Crippen molar-refractivity contribution >= 4 is 9.84 Å². The maximum absolute atomic E-state index is 12.8. The van der Waals surface area contributed by atoms with Crippen LogP contribution in [0, 0.1) is 17.2 Å². The van der Waals surface area contributed by atoms with Crippen LogP contribution in [-0.2, 0) is 9.84 Å². The minimum Gasteiger partial charge on any atom is -0.302 e. The number of nitrogens with zero attached hydrogens (tertiary/aromatic N) is 2. The Morgan fingerprint density at radius 1 is 1.26 bits per heavy atom. The van der Waals surface area contributed by atoms with E-state index in [0.29, 0.717) is 18.5 Å². The van der Waals surface area contributed by atoms with Crippen LogP contribution in [0.25, 0.3) is 0 Å². The Morgan fingerprint density at radius 3 is 2.48 bits per heavy atom. The first-order valence-electron chi connectivity index (χ1n) is 7.24. The van der Waals surface area contributed by atoms with E-state index in [1.54, 1.807) is 4.90 Å². The van der Waals surface area contributed by atoms with Crippen LogP contribution in [0.15, 0.2) is 29.2 Å². The van der Waals surface area contributed by atoms with Crippen LogP contribution in [0.4, 0.5) is 13.2 Å². The van der Waals surface area contributed by atoms with Crippen molar-refractivity contribution in [3.8, 4) is 6.07 Å². The van der Waals surface area contributed by atoms with Crippen LogP contribution in [0.5, 0.6) is 0 Å². The average molecular weight is 346 g/mol. The maximum Gasteiger partial charge on any atom is 0.393 e. The molecule has 0 aromatic heterocycles. The van der Waals surface area contributed by atoms with Gasteiger partial charge in [-0.3, -0.25) is 0 Å². The SMILES string of the molecule is N#Cc1ccc(S(=O)(=O)CCN2CCC[C@@H](C(F)(F)F)C2)cc1. The lowest BCUT2D eigenvalue weighted by molar-refractivity contribution is -0.186. The third-order valence-electron chi connectivity index (χ3n) is 3.99. The van der Waals surface area contributed by atoms with E-state index in [9.17, 15) is 21.6 Å². The summed E-state index contributed by atoms with van der Waals surface area (Å²) in [4.78, 5) is 1.64. The lowest BCUT2D eigenvalue weighted by Gasteiger charge is -2.33. The van der Waals surface area contributed by atoms with Crippen LogP contribution < -0.4 is 0 Å². The van der Waals surface area contributed by atoms with Crippen molar-refractivity contribution in [1.82, 2.24) is 4.90 Å². The fourth-order valence-corrected chi connectivity index (χ4v) is 3.91. The predicted molar refractivity (Wildman–Crippen MR) is 78.4 cm³/mol. The largest absolute Gasteiger partial charge is 0.393 e.